The first-order valence-electron chi connectivity index (χ1n) is 8.38. The summed E-state index contributed by atoms with van der Waals surface area (Å²) in [4.78, 5) is 12.4. The van der Waals surface area contributed by atoms with Gasteiger partial charge in [-0.1, -0.05) is 23.7 Å². The van der Waals surface area contributed by atoms with Crippen molar-refractivity contribution in [1.29, 1.82) is 0 Å². The van der Waals surface area contributed by atoms with E-state index in [2.05, 4.69) is 0 Å². The zero-order chi connectivity index (χ0) is 21.6. The van der Waals surface area contributed by atoms with Crippen molar-refractivity contribution >= 4 is 23.3 Å². The summed E-state index contributed by atoms with van der Waals surface area (Å²) in [5.74, 6) is -3.40. The van der Waals surface area contributed by atoms with Crippen LogP contribution in [0.4, 0.5) is 32.0 Å². The second-order valence-electron chi connectivity index (χ2n) is 6.73. The maximum Gasteiger partial charge on any atom is 0.416 e. The number of hydrogen-bond acceptors (Lipinski definition) is 2. The third-order valence-corrected chi connectivity index (χ3v) is 5.03. The van der Waals surface area contributed by atoms with Gasteiger partial charge in [-0.05, 0) is 47.9 Å². The molecular weight excluding hydrogens is 424 g/mol. The highest BCUT2D eigenvalue weighted by Gasteiger charge is 2.53. The molecule has 0 amide bonds. The highest BCUT2D eigenvalue weighted by Crippen LogP contribution is 2.43. The summed E-state index contributed by atoms with van der Waals surface area (Å²) in [5, 5.41) is 9.64. The van der Waals surface area contributed by atoms with Crippen LogP contribution < -0.4 is 4.90 Å². The number of carbonyl (C=O) groups is 1. The molecule has 0 radical (unpaired) electrons. The summed E-state index contributed by atoms with van der Waals surface area (Å²) in [6, 6.07) is 5.52. The number of alkyl halides is 6. The predicted octanol–water partition coefficient (Wildman–Crippen LogP) is 5.55. The monoisotopic (exact) mass is 437 g/mol. The quantitative estimate of drug-likeness (QED) is 0.640. The van der Waals surface area contributed by atoms with Gasteiger partial charge in [0.2, 0.25) is 0 Å². The summed E-state index contributed by atoms with van der Waals surface area (Å²) < 4.78 is 79.7. The minimum Gasteiger partial charge on any atom is -0.481 e. The second-order valence-corrected chi connectivity index (χ2v) is 7.17. The number of halogens is 7. The largest absolute Gasteiger partial charge is 0.481 e. The third-order valence-electron chi connectivity index (χ3n) is 4.79. The fourth-order valence-electron chi connectivity index (χ4n) is 3.52. The SMILES string of the molecule is O=C(O)C1Cc2cc(Cl)ccc2N(Cc2ccc(C(F)(F)F)cc2)C1C(F)(F)F. The van der Waals surface area contributed by atoms with Gasteiger partial charge in [0.25, 0.3) is 0 Å². The molecule has 2 aromatic rings. The number of carboxylic acids is 1. The van der Waals surface area contributed by atoms with Crippen molar-refractivity contribution in [3.05, 3.63) is 64.2 Å². The fraction of sp³-hybridized carbons (Fsp3) is 0.316. The molecular formula is C19H14ClF6NO2. The molecule has 0 aromatic heterocycles. The van der Waals surface area contributed by atoms with Gasteiger partial charge >= 0.3 is 18.3 Å². The smallest absolute Gasteiger partial charge is 0.416 e. The van der Waals surface area contributed by atoms with E-state index in [4.69, 9.17) is 11.6 Å². The molecule has 0 bridgehead atoms. The number of aliphatic carboxylic acids is 1. The van der Waals surface area contributed by atoms with E-state index in [-0.39, 0.29) is 22.7 Å². The van der Waals surface area contributed by atoms with Gasteiger partial charge in [-0.15, -0.1) is 0 Å². The number of rotatable bonds is 3. The van der Waals surface area contributed by atoms with Gasteiger partial charge in [0, 0.05) is 17.3 Å². The lowest BCUT2D eigenvalue weighted by atomic mass is 9.84. The first-order valence-corrected chi connectivity index (χ1v) is 8.76. The van der Waals surface area contributed by atoms with E-state index in [9.17, 15) is 36.2 Å². The van der Waals surface area contributed by atoms with Crippen LogP contribution in [0.3, 0.4) is 0 Å². The molecule has 2 unspecified atom stereocenters. The van der Waals surface area contributed by atoms with Gasteiger partial charge in [0.15, 0.2) is 0 Å². The van der Waals surface area contributed by atoms with Crippen LogP contribution in [-0.2, 0) is 23.9 Å². The molecule has 156 valence electrons. The third kappa shape index (κ3) is 4.44. The van der Waals surface area contributed by atoms with Crippen molar-refractivity contribution in [2.45, 2.75) is 31.4 Å². The minimum absolute atomic E-state index is 0.147. The summed E-state index contributed by atoms with van der Waals surface area (Å²) in [6.45, 7) is -0.416. The van der Waals surface area contributed by atoms with Gasteiger partial charge in [0.05, 0.1) is 11.5 Å². The number of benzene rings is 2. The molecule has 1 aliphatic heterocycles. The van der Waals surface area contributed by atoms with Crippen LogP contribution in [0.5, 0.6) is 0 Å². The van der Waals surface area contributed by atoms with E-state index in [0.717, 1.165) is 29.2 Å². The molecule has 0 aliphatic carbocycles. The van der Waals surface area contributed by atoms with Crippen LogP contribution in [0.25, 0.3) is 0 Å². The molecule has 10 heteroatoms. The lowest BCUT2D eigenvalue weighted by Gasteiger charge is -2.43. The van der Waals surface area contributed by atoms with E-state index in [1.54, 1.807) is 0 Å². The normalized spacial score (nSPS) is 19.8. The Labute approximate surface area is 166 Å². The van der Waals surface area contributed by atoms with Gasteiger partial charge < -0.3 is 10.0 Å². The van der Waals surface area contributed by atoms with Crippen LogP contribution in [0.2, 0.25) is 5.02 Å². The van der Waals surface area contributed by atoms with Crippen molar-refractivity contribution in [1.82, 2.24) is 0 Å². The Kier molecular flexibility index (Phi) is 5.46. The van der Waals surface area contributed by atoms with Crippen molar-refractivity contribution in [3.63, 3.8) is 0 Å². The Morgan fingerprint density at radius 3 is 2.21 bits per heavy atom. The van der Waals surface area contributed by atoms with E-state index >= 15 is 0 Å². The van der Waals surface area contributed by atoms with E-state index in [0.29, 0.717) is 5.56 Å². The predicted molar refractivity (Wildman–Crippen MR) is 93.8 cm³/mol. The number of fused-ring (bicyclic) bond motifs is 1. The standard InChI is InChI=1S/C19H14ClF6NO2/c20-13-5-6-15-11(7-13)8-14(17(28)29)16(19(24,25)26)27(15)9-10-1-3-12(4-2-10)18(21,22)23/h1-7,14,16H,8-9H2,(H,28,29). The fourth-order valence-corrected chi connectivity index (χ4v) is 3.71. The van der Waals surface area contributed by atoms with Gasteiger partial charge in [-0.2, -0.15) is 26.3 Å². The van der Waals surface area contributed by atoms with Crippen LogP contribution in [0, 0.1) is 5.92 Å². The molecule has 2 aromatic carbocycles. The summed E-state index contributed by atoms with van der Waals surface area (Å²) >= 11 is 5.90. The maximum absolute atomic E-state index is 13.8. The average Bonchev–Trinajstić information content (AvgIpc) is 2.59. The zero-order valence-corrected chi connectivity index (χ0v) is 15.3. The molecule has 1 aliphatic rings. The van der Waals surface area contributed by atoms with Crippen molar-refractivity contribution in [3.8, 4) is 0 Å². The highest BCUT2D eigenvalue weighted by atomic mass is 35.5. The van der Waals surface area contributed by atoms with Crippen LogP contribution in [-0.4, -0.2) is 23.3 Å². The Morgan fingerprint density at radius 2 is 1.69 bits per heavy atom. The van der Waals surface area contributed by atoms with E-state index in [1.807, 2.05) is 0 Å². The first-order chi connectivity index (χ1) is 13.4. The molecule has 0 saturated carbocycles. The number of nitrogens with zero attached hydrogens (tertiary/aromatic N) is 1. The summed E-state index contributed by atoms with van der Waals surface area (Å²) in [6.07, 6.45) is -9.80. The zero-order valence-electron chi connectivity index (χ0n) is 14.6. The lowest BCUT2D eigenvalue weighted by molar-refractivity contribution is -0.175. The Bertz CT molecular complexity index is 910. The molecule has 29 heavy (non-hydrogen) atoms. The Hall–Kier alpha value is -2.42. The van der Waals surface area contributed by atoms with Crippen LogP contribution in [0.1, 0.15) is 16.7 Å². The van der Waals surface area contributed by atoms with E-state index < -0.39 is 42.4 Å². The van der Waals surface area contributed by atoms with Gasteiger partial charge in [-0.3, -0.25) is 4.79 Å². The molecule has 3 nitrogen and oxygen atoms in total. The number of anilines is 1. The molecule has 0 fully saturated rings. The van der Waals surface area contributed by atoms with Crippen molar-refractivity contribution in [2.75, 3.05) is 4.90 Å². The van der Waals surface area contributed by atoms with Crippen LogP contribution in [0.15, 0.2) is 42.5 Å². The highest BCUT2D eigenvalue weighted by molar-refractivity contribution is 6.30. The van der Waals surface area contributed by atoms with E-state index in [1.165, 1.54) is 18.2 Å². The number of hydrogen-bond donors (Lipinski definition) is 1. The molecule has 1 N–H and O–H groups in total. The Balaban J connectivity index is 2.05. The van der Waals surface area contributed by atoms with Gasteiger partial charge in [-0.25, -0.2) is 0 Å². The van der Waals surface area contributed by atoms with Crippen LogP contribution >= 0.6 is 11.6 Å². The molecule has 2 atom stereocenters. The maximum atomic E-state index is 13.8. The summed E-state index contributed by atoms with van der Waals surface area (Å²) in [5.41, 5.74) is -0.270. The second kappa shape index (κ2) is 7.44. The number of carboxylic acid groups (broad SMARTS) is 1. The topological polar surface area (TPSA) is 40.5 Å². The molecule has 3 rings (SSSR count). The summed E-state index contributed by atoms with van der Waals surface area (Å²) in [7, 11) is 0. The Morgan fingerprint density at radius 1 is 1.07 bits per heavy atom. The molecule has 0 saturated heterocycles. The average molecular weight is 438 g/mol. The minimum atomic E-state index is -4.87. The van der Waals surface area contributed by atoms with Crippen molar-refractivity contribution in [2.24, 2.45) is 5.92 Å². The molecule has 1 heterocycles. The van der Waals surface area contributed by atoms with Gasteiger partial charge in [0.1, 0.15) is 6.04 Å². The first kappa shape index (κ1) is 21.3. The molecule has 0 spiro atoms. The van der Waals surface area contributed by atoms with Crippen molar-refractivity contribution < 1.29 is 36.2 Å². The lowest BCUT2D eigenvalue weighted by Crippen LogP contribution is -2.55.